The minimum absolute atomic E-state index is 0.0971. The fraction of sp³-hybridized carbons (Fsp3) is 0.963. The van der Waals surface area contributed by atoms with E-state index in [1.165, 1.54) is 276 Å². The molecule has 0 radical (unpaired) electrons. The standard InChI is InChI=1S/C81H167N9O5/c1-6-11-16-21-26-31-36-41-46-51-61-83-77(91)56-68-88(69-57-78(92)84-62-52-47-42-37-32-27-22-17-12-7-2)73-66-82-67-74-90(72-60-81(95)87-65-55-50-45-40-35-30-25-20-15-10-5)76-75-89(70-58-79(93)85-63-53-48-43-38-33-28-23-18-13-8-3)71-59-80(94)86-64-54-49-44-39-34-29-24-19-14-9-4/h77,79,82-83,85,91,93H,6-76H2,1-5H3,(H,84,92)(H,86,94)(H,87,95). The first-order valence-electron chi connectivity index (χ1n) is 42.2. The van der Waals surface area contributed by atoms with Crippen molar-refractivity contribution in [3.8, 4) is 0 Å². The minimum atomic E-state index is -0.599. The number of carbonyl (C=O) groups excluding carboxylic acids is 3. The Hall–Kier alpha value is -1.91. The van der Waals surface area contributed by atoms with Gasteiger partial charge in [-0.25, -0.2) is 0 Å². The molecule has 0 fully saturated rings. The first kappa shape index (κ1) is 93.1. The highest BCUT2D eigenvalue weighted by Gasteiger charge is 2.17. The van der Waals surface area contributed by atoms with Gasteiger partial charge in [-0.3, -0.25) is 25.0 Å². The van der Waals surface area contributed by atoms with Gasteiger partial charge >= 0.3 is 0 Å². The Balaban J connectivity index is 5.83. The van der Waals surface area contributed by atoms with Crippen LogP contribution in [0.2, 0.25) is 0 Å². The maximum Gasteiger partial charge on any atom is 0.221 e. The van der Waals surface area contributed by atoms with Crippen LogP contribution in [0.1, 0.15) is 388 Å². The number of carbonyl (C=O) groups is 3. The molecule has 14 heteroatoms. The van der Waals surface area contributed by atoms with E-state index in [2.05, 4.69) is 81.2 Å². The molecule has 0 aliphatic rings. The summed E-state index contributed by atoms with van der Waals surface area (Å²) < 4.78 is 0. The number of nitrogens with zero attached hydrogens (tertiary/aromatic N) is 3. The number of hydrogen-bond acceptors (Lipinski definition) is 11. The molecule has 0 aromatic heterocycles. The molecule has 566 valence electrons. The number of aliphatic hydroxyl groups excluding tert-OH is 2. The molecule has 2 unspecified atom stereocenters. The van der Waals surface area contributed by atoms with Gasteiger partial charge in [-0.2, -0.15) is 0 Å². The number of unbranched alkanes of at least 4 members (excludes halogenated alkanes) is 45. The fourth-order valence-corrected chi connectivity index (χ4v) is 13.0. The Labute approximate surface area is 591 Å². The number of nitrogens with one attached hydrogen (secondary N) is 6. The lowest BCUT2D eigenvalue weighted by Crippen LogP contribution is -2.43. The Morgan fingerprint density at radius 1 is 0.242 bits per heavy atom. The number of hydrogen-bond donors (Lipinski definition) is 8. The Morgan fingerprint density at radius 2 is 0.442 bits per heavy atom. The summed E-state index contributed by atoms with van der Waals surface area (Å²) in [4.78, 5) is 47.0. The van der Waals surface area contributed by atoms with Crippen LogP contribution in [0, 0.1) is 0 Å². The first-order valence-corrected chi connectivity index (χ1v) is 42.2. The molecule has 3 amide bonds. The van der Waals surface area contributed by atoms with E-state index in [1.54, 1.807) is 0 Å². The molecule has 0 aliphatic heterocycles. The van der Waals surface area contributed by atoms with Gasteiger partial charge in [0.05, 0.1) is 0 Å². The van der Waals surface area contributed by atoms with Crippen molar-refractivity contribution < 1.29 is 24.6 Å². The van der Waals surface area contributed by atoms with Crippen molar-refractivity contribution in [3.63, 3.8) is 0 Å². The monoisotopic (exact) mass is 1350 g/mol. The number of rotatable bonds is 81. The lowest BCUT2D eigenvalue weighted by Gasteiger charge is -2.29. The lowest BCUT2D eigenvalue weighted by molar-refractivity contribution is -0.122. The quantitative estimate of drug-likeness (QED) is 0.0215. The van der Waals surface area contributed by atoms with Crippen molar-refractivity contribution >= 4 is 17.7 Å². The lowest BCUT2D eigenvalue weighted by atomic mass is 10.1. The van der Waals surface area contributed by atoms with Crippen LogP contribution in [0.3, 0.4) is 0 Å². The molecule has 2 atom stereocenters. The van der Waals surface area contributed by atoms with Crippen molar-refractivity contribution in [3.05, 3.63) is 0 Å². The average molecular weight is 1350 g/mol. The number of amides is 3. The zero-order valence-corrected chi connectivity index (χ0v) is 64.3. The largest absolute Gasteiger partial charge is 0.379 e. The molecule has 0 saturated carbocycles. The molecule has 0 heterocycles. The van der Waals surface area contributed by atoms with Gasteiger partial charge in [0.25, 0.3) is 0 Å². The van der Waals surface area contributed by atoms with Crippen LogP contribution < -0.4 is 31.9 Å². The predicted octanol–water partition coefficient (Wildman–Crippen LogP) is 18.2. The summed E-state index contributed by atoms with van der Waals surface area (Å²) in [6.07, 6.45) is 65.4. The first-order chi connectivity index (χ1) is 46.7. The molecule has 0 spiro atoms. The molecule has 0 rings (SSSR count). The molecule has 8 N–H and O–H groups in total. The van der Waals surface area contributed by atoms with Crippen LogP contribution in [0.25, 0.3) is 0 Å². The van der Waals surface area contributed by atoms with Crippen LogP contribution in [-0.2, 0) is 14.4 Å². The van der Waals surface area contributed by atoms with Crippen molar-refractivity contribution in [2.45, 2.75) is 400 Å². The second-order valence-corrected chi connectivity index (χ2v) is 29.0. The molecular weight excluding hydrogens is 1180 g/mol. The summed E-state index contributed by atoms with van der Waals surface area (Å²) >= 11 is 0. The van der Waals surface area contributed by atoms with E-state index in [1.807, 2.05) is 0 Å². The van der Waals surface area contributed by atoms with Crippen LogP contribution >= 0.6 is 0 Å². The Bertz CT molecular complexity index is 1550. The maximum absolute atomic E-state index is 13.4. The van der Waals surface area contributed by atoms with E-state index >= 15 is 0 Å². The zero-order chi connectivity index (χ0) is 69.1. The normalized spacial score (nSPS) is 12.4. The van der Waals surface area contributed by atoms with Gasteiger partial charge in [-0.1, -0.05) is 324 Å². The molecule has 0 aromatic carbocycles. The zero-order valence-electron chi connectivity index (χ0n) is 64.3. The molecule has 95 heavy (non-hydrogen) atoms. The van der Waals surface area contributed by atoms with Gasteiger partial charge in [0.15, 0.2) is 0 Å². The summed E-state index contributed by atoms with van der Waals surface area (Å²) in [5.74, 6) is 0.311. The van der Waals surface area contributed by atoms with E-state index in [9.17, 15) is 24.6 Å². The van der Waals surface area contributed by atoms with Crippen molar-refractivity contribution in [1.82, 2.24) is 46.6 Å². The summed E-state index contributed by atoms with van der Waals surface area (Å²) in [7, 11) is 0. The molecule has 0 aliphatic carbocycles. The Kier molecular flexibility index (Phi) is 76.3. The Morgan fingerprint density at radius 3 is 0.684 bits per heavy atom. The molecule has 0 aromatic rings. The predicted molar refractivity (Wildman–Crippen MR) is 412 cm³/mol. The van der Waals surface area contributed by atoms with Gasteiger partial charge in [0, 0.05) is 111 Å². The topological polar surface area (TPSA) is 174 Å². The van der Waals surface area contributed by atoms with Crippen LogP contribution in [0.5, 0.6) is 0 Å². The van der Waals surface area contributed by atoms with Crippen molar-refractivity contribution in [1.29, 1.82) is 0 Å². The van der Waals surface area contributed by atoms with Gasteiger partial charge < -0.3 is 46.2 Å². The summed E-state index contributed by atoms with van der Waals surface area (Å²) in [6.45, 7) is 23.0. The van der Waals surface area contributed by atoms with Gasteiger partial charge in [-0.15, -0.1) is 0 Å². The smallest absolute Gasteiger partial charge is 0.221 e. The highest BCUT2D eigenvalue weighted by Crippen LogP contribution is 2.16. The molecular formula is C81H167N9O5. The SMILES string of the molecule is CCCCCCCCCCCCNC(=O)CCN(CCNCCN(CCC(=O)NCCCCCCCCCCCC)CCN(CCC(=O)NCCCCCCCCCCCC)CCC(O)NCCCCCCCCCCCC)CCC(O)NCCCCCCCCCCCC. The summed E-state index contributed by atoms with van der Waals surface area (Å²) in [6, 6.07) is 0. The third-order valence-electron chi connectivity index (χ3n) is 19.7. The average Bonchev–Trinajstić information content (AvgIpc) is 3.51. The van der Waals surface area contributed by atoms with E-state index in [0.717, 1.165) is 117 Å². The summed E-state index contributed by atoms with van der Waals surface area (Å²) in [5.41, 5.74) is 0. The van der Waals surface area contributed by atoms with Gasteiger partial charge in [0.1, 0.15) is 12.5 Å². The van der Waals surface area contributed by atoms with Gasteiger partial charge in [-0.05, 0) is 58.0 Å². The fourth-order valence-electron chi connectivity index (χ4n) is 13.0. The number of aliphatic hydroxyl groups is 2. The highest BCUT2D eigenvalue weighted by molar-refractivity contribution is 5.76. The molecule has 0 bridgehead atoms. The van der Waals surface area contributed by atoms with E-state index in [0.29, 0.717) is 64.8 Å². The minimum Gasteiger partial charge on any atom is -0.379 e. The van der Waals surface area contributed by atoms with Crippen molar-refractivity contribution in [2.24, 2.45) is 0 Å². The maximum atomic E-state index is 13.4. The highest BCUT2D eigenvalue weighted by atomic mass is 16.3. The molecule has 0 saturated heterocycles. The third kappa shape index (κ3) is 73.1. The van der Waals surface area contributed by atoms with Crippen LogP contribution in [-0.4, -0.2) is 160 Å². The van der Waals surface area contributed by atoms with Gasteiger partial charge in [0.2, 0.25) is 17.7 Å². The summed E-state index contributed by atoms with van der Waals surface area (Å²) in [5, 5.41) is 42.4. The van der Waals surface area contributed by atoms with E-state index in [-0.39, 0.29) is 17.7 Å². The van der Waals surface area contributed by atoms with Crippen LogP contribution in [0.15, 0.2) is 0 Å². The van der Waals surface area contributed by atoms with Crippen molar-refractivity contribution in [2.75, 3.05) is 105 Å². The van der Waals surface area contributed by atoms with Crippen LogP contribution in [0.4, 0.5) is 0 Å². The van der Waals surface area contributed by atoms with E-state index in [4.69, 9.17) is 0 Å². The molecule has 14 nitrogen and oxygen atoms in total. The third-order valence-corrected chi connectivity index (χ3v) is 19.7. The second kappa shape index (κ2) is 77.8. The van der Waals surface area contributed by atoms with E-state index < -0.39 is 12.5 Å². The second-order valence-electron chi connectivity index (χ2n) is 29.0.